The molecule has 0 saturated carbocycles. The summed E-state index contributed by atoms with van der Waals surface area (Å²) in [7, 11) is -2.87. The maximum atomic E-state index is 11.1. The molecule has 1 aromatic carbocycles. The van der Waals surface area contributed by atoms with Crippen molar-refractivity contribution in [2.45, 2.75) is 6.10 Å². The molecule has 6 nitrogen and oxygen atoms in total. The monoisotopic (exact) mass is 279 g/mol. The maximum Gasteiger partial charge on any atom is 0.157 e. The quantitative estimate of drug-likeness (QED) is 0.867. The molecule has 0 radical (unpaired) electrons. The fraction of sp³-hybridized carbons (Fsp3) is 0.250. The summed E-state index contributed by atoms with van der Waals surface area (Å²) in [5.41, 5.74) is 7.24. The van der Waals surface area contributed by atoms with E-state index >= 15 is 0 Å². The Morgan fingerprint density at radius 1 is 1.32 bits per heavy atom. The van der Waals surface area contributed by atoms with Gasteiger partial charge in [0.05, 0.1) is 17.2 Å². The molecular formula is C12H13N3O3S. The van der Waals surface area contributed by atoms with Crippen LogP contribution >= 0.6 is 0 Å². The first-order valence-electron chi connectivity index (χ1n) is 5.80. The van der Waals surface area contributed by atoms with Crippen LogP contribution in [0.2, 0.25) is 0 Å². The molecule has 0 amide bonds. The number of aromatic nitrogens is 2. The molecule has 19 heavy (non-hydrogen) atoms. The van der Waals surface area contributed by atoms with Crippen LogP contribution in [-0.2, 0) is 9.84 Å². The molecule has 0 aliphatic carbocycles. The van der Waals surface area contributed by atoms with Crippen molar-refractivity contribution < 1.29 is 13.2 Å². The van der Waals surface area contributed by atoms with Crippen molar-refractivity contribution in [1.82, 2.24) is 10.2 Å². The Labute approximate surface area is 110 Å². The number of aromatic amines is 1. The molecule has 1 aliphatic heterocycles. The van der Waals surface area contributed by atoms with Gasteiger partial charge < -0.3 is 10.5 Å². The van der Waals surface area contributed by atoms with Crippen molar-refractivity contribution in [3.8, 4) is 17.0 Å². The Hall–Kier alpha value is -2.02. The van der Waals surface area contributed by atoms with E-state index in [1.54, 1.807) is 12.1 Å². The van der Waals surface area contributed by atoms with Crippen molar-refractivity contribution in [2.24, 2.45) is 0 Å². The van der Waals surface area contributed by atoms with Gasteiger partial charge in [-0.2, -0.15) is 5.10 Å². The van der Waals surface area contributed by atoms with Crippen LogP contribution in [0.15, 0.2) is 30.3 Å². The summed E-state index contributed by atoms with van der Waals surface area (Å²) in [6.45, 7) is 0. The zero-order valence-electron chi connectivity index (χ0n) is 10.0. The van der Waals surface area contributed by atoms with Crippen molar-refractivity contribution >= 4 is 15.7 Å². The first-order chi connectivity index (χ1) is 9.02. The number of rotatable bonds is 3. The van der Waals surface area contributed by atoms with Gasteiger partial charge in [0.2, 0.25) is 0 Å². The lowest BCUT2D eigenvalue weighted by Crippen LogP contribution is -2.45. The van der Waals surface area contributed by atoms with Gasteiger partial charge in [-0.15, -0.1) is 0 Å². The number of anilines is 1. The summed E-state index contributed by atoms with van der Waals surface area (Å²) in [6.07, 6.45) is -0.243. The number of nitrogens with two attached hydrogens (primary N) is 1. The zero-order valence-corrected chi connectivity index (χ0v) is 10.9. The van der Waals surface area contributed by atoms with Gasteiger partial charge in [-0.05, 0) is 12.1 Å². The summed E-state index contributed by atoms with van der Waals surface area (Å²) in [5.74, 6) is 1.25. The molecule has 100 valence electrons. The van der Waals surface area contributed by atoms with E-state index in [2.05, 4.69) is 10.2 Å². The number of nitrogens with one attached hydrogen (secondary N) is 1. The lowest BCUT2D eigenvalue weighted by molar-refractivity contribution is 0.230. The number of sulfone groups is 1. The predicted molar refractivity (Wildman–Crippen MR) is 71.5 cm³/mol. The molecule has 0 bridgehead atoms. The van der Waals surface area contributed by atoms with Gasteiger partial charge in [0, 0.05) is 11.6 Å². The van der Waals surface area contributed by atoms with Crippen molar-refractivity contribution in [1.29, 1.82) is 0 Å². The standard InChI is InChI=1S/C12H13N3O3S/c13-12-5-11(14-15-12)8-2-1-3-9(4-8)18-10-6-19(16,17)7-10/h1-5,10H,6-7H2,(H3,13,14,15). The van der Waals surface area contributed by atoms with Gasteiger partial charge in [0.25, 0.3) is 0 Å². The molecule has 2 heterocycles. The summed E-state index contributed by atoms with van der Waals surface area (Å²) < 4.78 is 27.8. The van der Waals surface area contributed by atoms with Crippen molar-refractivity contribution in [2.75, 3.05) is 17.2 Å². The highest BCUT2D eigenvalue weighted by Gasteiger charge is 2.35. The molecule has 1 saturated heterocycles. The van der Waals surface area contributed by atoms with Gasteiger partial charge >= 0.3 is 0 Å². The number of benzene rings is 1. The molecular weight excluding hydrogens is 266 g/mol. The van der Waals surface area contributed by atoms with Gasteiger partial charge in [-0.3, -0.25) is 5.10 Å². The van der Waals surface area contributed by atoms with Crippen LogP contribution in [0.4, 0.5) is 5.82 Å². The fourth-order valence-corrected chi connectivity index (χ4v) is 3.17. The summed E-state index contributed by atoms with van der Waals surface area (Å²) in [6, 6.07) is 9.10. The third-order valence-corrected chi connectivity index (χ3v) is 4.68. The average Bonchev–Trinajstić information content (AvgIpc) is 2.74. The first kappa shape index (κ1) is 12.0. The second kappa shape index (κ2) is 4.27. The average molecular weight is 279 g/mol. The van der Waals surface area contributed by atoms with Crippen molar-refractivity contribution in [3.63, 3.8) is 0 Å². The van der Waals surface area contributed by atoms with E-state index in [9.17, 15) is 8.42 Å². The molecule has 1 fully saturated rings. The molecule has 1 aromatic heterocycles. The SMILES string of the molecule is Nc1cc(-c2cccc(OC3CS(=O)(=O)C3)c2)[nH]n1. The lowest BCUT2D eigenvalue weighted by Gasteiger charge is -2.26. The Balaban J connectivity index is 1.77. The highest BCUT2D eigenvalue weighted by Crippen LogP contribution is 2.25. The van der Waals surface area contributed by atoms with Crippen LogP contribution in [0.25, 0.3) is 11.3 Å². The number of hydrogen-bond donors (Lipinski definition) is 2. The Kier molecular flexibility index (Phi) is 2.70. The highest BCUT2D eigenvalue weighted by molar-refractivity contribution is 7.92. The van der Waals surface area contributed by atoms with Crippen LogP contribution in [0.5, 0.6) is 5.75 Å². The topological polar surface area (TPSA) is 98.1 Å². The number of H-pyrrole nitrogens is 1. The molecule has 2 aromatic rings. The molecule has 0 spiro atoms. The minimum Gasteiger partial charge on any atom is -0.488 e. The molecule has 7 heteroatoms. The number of hydrogen-bond acceptors (Lipinski definition) is 5. The first-order valence-corrected chi connectivity index (χ1v) is 7.62. The largest absolute Gasteiger partial charge is 0.488 e. The van der Waals surface area contributed by atoms with Crippen LogP contribution in [0.1, 0.15) is 0 Å². The lowest BCUT2D eigenvalue weighted by atomic mass is 10.1. The molecule has 0 atom stereocenters. The maximum absolute atomic E-state index is 11.1. The van der Waals surface area contributed by atoms with Gasteiger partial charge in [-0.25, -0.2) is 8.42 Å². The third-order valence-electron chi connectivity index (χ3n) is 2.93. The van der Waals surface area contributed by atoms with E-state index in [4.69, 9.17) is 10.5 Å². The van der Waals surface area contributed by atoms with Crippen LogP contribution in [0.3, 0.4) is 0 Å². The minimum atomic E-state index is -2.87. The molecule has 3 N–H and O–H groups in total. The van der Waals surface area contributed by atoms with Crippen molar-refractivity contribution in [3.05, 3.63) is 30.3 Å². The second-order valence-corrected chi connectivity index (χ2v) is 6.70. The van der Waals surface area contributed by atoms with E-state index in [1.807, 2.05) is 18.2 Å². The van der Waals surface area contributed by atoms with Gasteiger partial charge in [-0.1, -0.05) is 12.1 Å². The van der Waals surface area contributed by atoms with Crippen LogP contribution < -0.4 is 10.5 Å². The fourth-order valence-electron chi connectivity index (χ4n) is 2.00. The Morgan fingerprint density at radius 3 is 2.74 bits per heavy atom. The normalized spacial score (nSPS) is 17.9. The van der Waals surface area contributed by atoms with E-state index in [0.717, 1.165) is 11.3 Å². The summed E-state index contributed by atoms with van der Waals surface area (Å²) in [4.78, 5) is 0. The highest BCUT2D eigenvalue weighted by atomic mass is 32.2. The summed E-state index contributed by atoms with van der Waals surface area (Å²) >= 11 is 0. The smallest absolute Gasteiger partial charge is 0.157 e. The third kappa shape index (κ3) is 2.55. The Bertz CT molecular complexity index is 697. The zero-order chi connectivity index (χ0) is 13.5. The molecule has 3 rings (SSSR count). The van der Waals surface area contributed by atoms with Crippen LogP contribution in [0, 0.1) is 0 Å². The number of nitrogens with zero attached hydrogens (tertiary/aromatic N) is 1. The van der Waals surface area contributed by atoms with E-state index in [-0.39, 0.29) is 17.6 Å². The summed E-state index contributed by atoms with van der Waals surface area (Å²) in [5, 5.41) is 6.68. The van der Waals surface area contributed by atoms with Gasteiger partial charge in [0.1, 0.15) is 17.7 Å². The minimum absolute atomic E-state index is 0.0915. The second-order valence-electron chi connectivity index (χ2n) is 4.55. The van der Waals surface area contributed by atoms with E-state index in [1.165, 1.54) is 0 Å². The predicted octanol–water partition coefficient (Wildman–Crippen LogP) is 0.835. The van der Waals surface area contributed by atoms with Gasteiger partial charge in [0.15, 0.2) is 9.84 Å². The van der Waals surface area contributed by atoms with E-state index < -0.39 is 9.84 Å². The molecule has 0 unspecified atom stereocenters. The van der Waals surface area contributed by atoms with Crippen LogP contribution in [-0.4, -0.2) is 36.2 Å². The molecule has 1 aliphatic rings. The number of ether oxygens (including phenoxy) is 1. The van der Waals surface area contributed by atoms with E-state index in [0.29, 0.717) is 11.6 Å². The Morgan fingerprint density at radius 2 is 2.11 bits per heavy atom. The number of nitrogen functional groups attached to an aromatic ring is 1.